The SMILES string of the molecule is O=C(Oc1ccc2nc(N3CCOCC3)sc2c1)c1ccc([N+](=O)[O-])o1. The van der Waals surface area contributed by atoms with Crippen LogP contribution in [0.4, 0.5) is 11.0 Å². The molecule has 0 unspecified atom stereocenters. The van der Waals surface area contributed by atoms with Crippen molar-refractivity contribution in [2.24, 2.45) is 0 Å². The number of benzene rings is 1. The highest BCUT2D eigenvalue weighted by Gasteiger charge is 2.20. The van der Waals surface area contributed by atoms with Gasteiger partial charge < -0.3 is 18.8 Å². The molecule has 0 spiro atoms. The molecule has 1 saturated heterocycles. The van der Waals surface area contributed by atoms with E-state index in [2.05, 4.69) is 9.88 Å². The summed E-state index contributed by atoms with van der Waals surface area (Å²) in [6.07, 6.45) is 0. The predicted molar refractivity (Wildman–Crippen MR) is 93.0 cm³/mol. The van der Waals surface area contributed by atoms with Crippen LogP contribution < -0.4 is 9.64 Å². The summed E-state index contributed by atoms with van der Waals surface area (Å²) in [6, 6.07) is 7.43. The van der Waals surface area contributed by atoms with Crippen molar-refractivity contribution in [1.29, 1.82) is 0 Å². The first-order chi connectivity index (χ1) is 12.6. The minimum Gasteiger partial charge on any atom is -0.421 e. The van der Waals surface area contributed by atoms with Crippen LogP contribution in [0.15, 0.2) is 34.7 Å². The summed E-state index contributed by atoms with van der Waals surface area (Å²) in [6.45, 7) is 2.93. The third kappa shape index (κ3) is 3.24. The molecule has 4 rings (SSSR count). The molecular weight excluding hydrogens is 362 g/mol. The van der Waals surface area contributed by atoms with Crippen LogP contribution in [0.2, 0.25) is 0 Å². The van der Waals surface area contributed by atoms with E-state index in [-0.39, 0.29) is 5.76 Å². The lowest BCUT2D eigenvalue weighted by Crippen LogP contribution is -2.36. The summed E-state index contributed by atoms with van der Waals surface area (Å²) in [4.78, 5) is 28.7. The quantitative estimate of drug-likeness (QED) is 0.296. The number of aromatic nitrogens is 1. The van der Waals surface area contributed by atoms with Gasteiger partial charge in [-0.3, -0.25) is 10.1 Å². The highest BCUT2D eigenvalue weighted by Crippen LogP contribution is 2.32. The zero-order valence-corrected chi connectivity index (χ0v) is 14.2. The topological polar surface area (TPSA) is 108 Å². The number of morpholine rings is 1. The first kappa shape index (κ1) is 16.5. The molecule has 0 radical (unpaired) electrons. The number of carbonyl (C=O) groups is 1. The van der Waals surface area contributed by atoms with Crippen LogP contribution in [0.1, 0.15) is 10.6 Å². The summed E-state index contributed by atoms with van der Waals surface area (Å²) in [5, 5.41) is 11.5. The second-order valence-electron chi connectivity index (χ2n) is 5.51. The molecule has 9 nitrogen and oxygen atoms in total. The minimum absolute atomic E-state index is 0.227. The summed E-state index contributed by atoms with van der Waals surface area (Å²) in [5.41, 5.74) is 0.810. The van der Waals surface area contributed by atoms with Crippen LogP contribution in [0, 0.1) is 10.1 Å². The van der Waals surface area contributed by atoms with Gasteiger partial charge in [0.2, 0.25) is 5.76 Å². The Hall–Kier alpha value is -2.98. The number of hydrogen-bond donors (Lipinski definition) is 0. The van der Waals surface area contributed by atoms with Gasteiger partial charge in [-0.2, -0.15) is 0 Å². The van der Waals surface area contributed by atoms with Gasteiger partial charge in [-0.1, -0.05) is 11.3 Å². The fraction of sp³-hybridized carbons (Fsp3) is 0.250. The summed E-state index contributed by atoms with van der Waals surface area (Å²) in [7, 11) is 0. The third-order valence-electron chi connectivity index (χ3n) is 3.81. The molecule has 0 bridgehead atoms. The molecule has 26 heavy (non-hydrogen) atoms. The molecule has 0 saturated carbocycles. The minimum atomic E-state index is -0.796. The second kappa shape index (κ2) is 6.73. The Bertz CT molecular complexity index is 975. The normalized spacial score (nSPS) is 14.5. The molecule has 3 heterocycles. The van der Waals surface area contributed by atoms with E-state index in [1.807, 2.05) is 0 Å². The summed E-state index contributed by atoms with van der Waals surface area (Å²) >= 11 is 1.50. The third-order valence-corrected chi connectivity index (χ3v) is 4.89. The van der Waals surface area contributed by atoms with Crippen molar-refractivity contribution >= 4 is 38.5 Å². The van der Waals surface area contributed by atoms with Crippen molar-refractivity contribution in [1.82, 2.24) is 4.98 Å². The Morgan fingerprint density at radius 2 is 2.08 bits per heavy atom. The molecule has 0 amide bonds. The van der Waals surface area contributed by atoms with Gasteiger partial charge in [-0.25, -0.2) is 9.78 Å². The van der Waals surface area contributed by atoms with E-state index in [9.17, 15) is 14.9 Å². The van der Waals surface area contributed by atoms with Gasteiger partial charge in [0, 0.05) is 19.2 Å². The van der Waals surface area contributed by atoms with Crippen molar-refractivity contribution in [3.63, 3.8) is 0 Å². The largest absolute Gasteiger partial charge is 0.433 e. The highest BCUT2D eigenvalue weighted by atomic mass is 32.1. The molecule has 2 aromatic heterocycles. The molecule has 1 aliphatic heterocycles. The van der Waals surface area contributed by atoms with Crippen molar-refractivity contribution in [3.8, 4) is 5.75 Å². The van der Waals surface area contributed by atoms with Crippen LogP contribution in [-0.2, 0) is 4.74 Å². The van der Waals surface area contributed by atoms with Crippen molar-refractivity contribution in [3.05, 3.63) is 46.2 Å². The van der Waals surface area contributed by atoms with Crippen LogP contribution in [0.25, 0.3) is 10.2 Å². The number of furan rings is 1. The van der Waals surface area contributed by atoms with Gasteiger partial charge in [0.1, 0.15) is 10.7 Å². The predicted octanol–water partition coefficient (Wildman–Crippen LogP) is 2.85. The van der Waals surface area contributed by atoms with Crippen LogP contribution in [-0.4, -0.2) is 42.2 Å². The first-order valence-electron chi connectivity index (χ1n) is 7.80. The number of anilines is 1. The molecular formula is C16H13N3O6S. The smallest absolute Gasteiger partial charge is 0.421 e. The van der Waals surface area contributed by atoms with Crippen molar-refractivity contribution in [2.75, 3.05) is 31.2 Å². The molecule has 0 aliphatic carbocycles. The number of esters is 1. The highest BCUT2D eigenvalue weighted by molar-refractivity contribution is 7.22. The van der Waals surface area contributed by atoms with Gasteiger partial charge in [-0.05, 0) is 18.2 Å². The fourth-order valence-electron chi connectivity index (χ4n) is 2.54. The number of thiazole rings is 1. The van der Waals surface area contributed by atoms with E-state index in [1.165, 1.54) is 17.4 Å². The Morgan fingerprint density at radius 1 is 1.27 bits per heavy atom. The Labute approximate surface area is 150 Å². The molecule has 134 valence electrons. The Morgan fingerprint density at radius 3 is 2.81 bits per heavy atom. The number of nitro groups is 1. The summed E-state index contributed by atoms with van der Waals surface area (Å²) in [5.74, 6) is -1.21. The molecule has 3 aromatic rings. The van der Waals surface area contributed by atoms with E-state index >= 15 is 0 Å². The van der Waals surface area contributed by atoms with Gasteiger partial charge >= 0.3 is 11.9 Å². The maximum Gasteiger partial charge on any atom is 0.433 e. The van der Waals surface area contributed by atoms with E-state index in [0.29, 0.717) is 19.0 Å². The lowest BCUT2D eigenvalue weighted by atomic mass is 10.3. The number of ether oxygens (including phenoxy) is 2. The average molecular weight is 375 g/mol. The van der Waals surface area contributed by atoms with Crippen LogP contribution in [0.3, 0.4) is 0 Å². The molecule has 0 atom stereocenters. The van der Waals surface area contributed by atoms with Gasteiger partial charge in [0.25, 0.3) is 0 Å². The van der Waals surface area contributed by atoms with Crippen molar-refractivity contribution < 1.29 is 23.6 Å². The Kier molecular flexibility index (Phi) is 4.27. The maximum absolute atomic E-state index is 12.1. The number of fused-ring (bicyclic) bond motifs is 1. The van der Waals surface area contributed by atoms with E-state index < -0.39 is 16.8 Å². The Balaban J connectivity index is 1.52. The second-order valence-corrected chi connectivity index (χ2v) is 6.52. The lowest BCUT2D eigenvalue weighted by Gasteiger charge is -2.25. The first-order valence-corrected chi connectivity index (χ1v) is 8.61. The zero-order valence-electron chi connectivity index (χ0n) is 13.4. The molecule has 10 heteroatoms. The van der Waals surface area contributed by atoms with Crippen molar-refractivity contribution in [2.45, 2.75) is 0 Å². The number of hydrogen-bond acceptors (Lipinski definition) is 9. The summed E-state index contributed by atoms with van der Waals surface area (Å²) < 4.78 is 16.3. The van der Waals surface area contributed by atoms with Gasteiger partial charge in [-0.15, -0.1) is 0 Å². The number of carbonyl (C=O) groups excluding carboxylic acids is 1. The number of nitrogens with zero attached hydrogens (tertiary/aromatic N) is 3. The zero-order chi connectivity index (χ0) is 18.1. The van der Waals surface area contributed by atoms with E-state index in [4.69, 9.17) is 13.9 Å². The molecule has 1 aromatic carbocycles. The van der Waals surface area contributed by atoms with Gasteiger partial charge in [0.15, 0.2) is 5.13 Å². The standard InChI is InChI=1S/C16H13N3O6S/c20-15(12-3-4-14(25-12)19(21)22)24-10-1-2-11-13(9-10)26-16(17-11)18-5-7-23-8-6-18/h1-4,9H,5-8H2. The monoisotopic (exact) mass is 375 g/mol. The molecule has 1 aliphatic rings. The maximum atomic E-state index is 12.1. The van der Waals surface area contributed by atoms with E-state index in [1.54, 1.807) is 18.2 Å². The molecule has 1 fully saturated rings. The van der Waals surface area contributed by atoms with Crippen LogP contribution >= 0.6 is 11.3 Å². The van der Waals surface area contributed by atoms with E-state index in [0.717, 1.165) is 34.5 Å². The van der Waals surface area contributed by atoms with Gasteiger partial charge in [0.05, 0.1) is 29.5 Å². The van der Waals surface area contributed by atoms with Crippen LogP contribution in [0.5, 0.6) is 5.75 Å². The fourth-order valence-corrected chi connectivity index (χ4v) is 3.58. The average Bonchev–Trinajstić information content (AvgIpc) is 3.29. The number of rotatable bonds is 4. The lowest BCUT2D eigenvalue weighted by molar-refractivity contribution is -0.402. The molecule has 0 N–H and O–H groups in total.